The van der Waals surface area contributed by atoms with E-state index in [4.69, 9.17) is 4.74 Å². The highest BCUT2D eigenvalue weighted by Crippen LogP contribution is 2.39. The Kier molecular flexibility index (Phi) is 9.30. The molecule has 0 bridgehead atoms. The van der Waals surface area contributed by atoms with Crippen molar-refractivity contribution in [3.63, 3.8) is 0 Å². The molecular weight excluding hydrogens is 690 g/mol. The highest BCUT2D eigenvalue weighted by Gasteiger charge is 2.45. The first-order chi connectivity index (χ1) is 25.5. The van der Waals surface area contributed by atoms with Crippen LogP contribution in [0, 0.1) is 11.6 Å². The number of carbonyl (C=O) groups excluding carboxylic acids is 5. The Balaban J connectivity index is 1.01. The number of piperidine rings is 1. The van der Waals surface area contributed by atoms with Crippen LogP contribution in [0.2, 0.25) is 0 Å². The van der Waals surface area contributed by atoms with Crippen LogP contribution in [0.25, 0.3) is 22.0 Å². The van der Waals surface area contributed by atoms with Gasteiger partial charge in [-0.3, -0.25) is 39.0 Å². The average Bonchev–Trinajstić information content (AvgIpc) is 3.72. The average molecular weight is 723 g/mol. The molecule has 0 aliphatic carbocycles. The Labute approximate surface area is 299 Å². The number of ether oxygens (including phenoxy) is 1. The lowest BCUT2D eigenvalue weighted by Gasteiger charge is -2.27. The van der Waals surface area contributed by atoms with Gasteiger partial charge in [0.1, 0.15) is 23.1 Å². The molecule has 0 spiro atoms. The lowest BCUT2D eigenvalue weighted by molar-refractivity contribution is -0.136. The van der Waals surface area contributed by atoms with E-state index in [9.17, 15) is 37.5 Å². The molecule has 2 aliphatic heterocycles. The van der Waals surface area contributed by atoms with Crippen LogP contribution < -0.4 is 26.2 Å². The molecule has 2 aliphatic rings. The third-order valence-corrected chi connectivity index (χ3v) is 9.18. The number of benzene rings is 3. The van der Waals surface area contributed by atoms with Crippen molar-refractivity contribution in [2.45, 2.75) is 38.1 Å². The summed E-state index contributed by atoms with van der Waals surface area (Å²) in [4.78, 5) is 80.1. The molecule has 3 aromatic carbocycles. The number of imide groups is 2. The van der Waals surface area contributed by atoms with Crippen LogP contribution in [0.1, 0.15) is 52.8 Å². The summed E-state index contributed by atoms with van der Waals surface area (Å²) in [7, 11) is 1.59. The number of amides is 5. The van der Waals surface area contributed by atoms with E-state index >= 15 is 0 Å². The van der Waals surface area contributed by atoms with Crippen molar-refractivity contribution >= 4 is 51.8 Å². The van der Waals surface area contributed by atoms with Crippen molar-refractivity contribution in [1.82, 2.24) is 19.8 Å². The van der Waals surface area contributed by atoms with E-state index in [1.807, 2.05) is 0 Å². The maximum absolute atomic E-state index is 14.6. The van der Waals surface area contributed by atoms with Gasteiger partial charge in [0.25, 0.3) is 17.4 Å². The highest BCUT2D eigenvalue weighted by atomic mass is 19.1. The first kappa shape index (κ1) is 34.8. The predicted octanol–water partition coefficient (Wildman–Crippen LogP) is 5.23. The van der Waals surface area contributed by atoms with E-state index in [1.54, 1.807) is 55.8 Å². The summed E-state index contributed by atoms with van der Waals surface area (Å²) in [5, 5.41) is 8.79. The van der Waals surface area contributed by atoms with Crippen molar-refractivity contribution < 1.29 is 37.5 Å². The molecule has 2 aromatic heterocycles. The molecule has 0 saturated carbocycles. The molecule has 270 valence electrons. The molecule has 0 radical (unpaired) electrons. The topological polar surface area (TPSA) is 172 Å². The van der Waals surface area contributed by atoms with Gasteiger partial charge in [-0.2, -0.15) is 0 Å². The number of pyridine rings is 1. The highest BCUT2D eigenvalue weighted by molar-refractivity contribution is 6.25. The number of nitrogens with zero attached hydrogens (tertiary/aromatic N) is 2. The third-order valence-electron chi connectivity index (χ3n) is 9.18. The first-order valence-electron chi connectivity index (χ1n) is 16.8. The minimum absolute atomic E-state index is 0.0222. The van der Waals surface area contributed by atoms with Crippen molar-refractivity contribution in [2.75, 3.05) is 17.2 Å². The predicted molar refractivity (Wildman–Crippen MR) is 189 cm³/mol. The molecule has 1 fully saturated rings. The summed E-state index contributed by atoms with van der Waals surface area (Å²) >= 11 is 0. The molecule has 5 aromatic rings. The van der Waals surface area contributed by atoms with Crippen molar-refractivity contribution in [3.05, 3.63) is 106 Å². The zero-order valence-electron chi connectivity index (χ0n) is 28.3. The Morgan fingerprint density at radius 2 is 1.74 bits per heavy atom. The Bertz CT molecular complexity index is 2400. The molecule has 53 heavy (non-hydrogen) atoms. The standard InChI is InChI=1S/C38H32F2N6O7/c1-45-19-25(22-14-16-42-34(22)38(45)52)24-18-21(9-12-29(24)53-30-11-8-20(39)17-26(30)40)43-31(47)7-2-3-15-41-27-6-4-5-23-33(27)37(51)46(36(23)50)28-10-13-32(48)44-35(28)49/h4-6,8-9,11-12,14,16-19,28,41-42H,2-3,7,10,13,15H2,1H3,(H,43,47)(H,44,48,49). The molecule has 1 unspecified atom stereocenters. The van der Waals surface area contributed by atoms with Crippen LogP contribution in [0.5, 0.6) is 11.5 Å². The second kappa shape index (κ2) is 14.2. The number of aromatic nitrogens is 2. The van der Waals surface area contributed by atoms with E-state index in [2.05, 4.69) is 20.9 Å². The second-order valence-corrected chi connectivity index (χ2v) is 12.7. The number of hydrogen-bond acceptors (Lipinski definition) is 8. The monoisotopic (exact) mass is 722 g/mol. The quantitative estimate of drug-likeness (QED) is 0.106. The Morgan fingerprint density at radius 1 is 0.925 bits per heavy atom. The fourth-order valence-electron chi connectivity index (χ4n) is 6.59. The summed E-state index contributed by atoms with van der Waals surface area (Å²) in [5.41, 5.74) is 2.24. The number of hydrogen-bond donors (Lipinski definition) is 4. The smallest absolute Gasteiger partial charge is 0.274 e. The summed E-state index contributed by atoms with van der Waals surface area (Å²) in [6, 6.07) is 13.2. The molecule has 7 rings (SSSR count). The first-order valence-corrected chi connectivity index (χ1v) is 16.8. The van der Waals surface area contributed by atoms with Gasteiger partial charge in [-0.15, -0.1) is 0 Å². The molecule has 4 heterocycles. The summed E-state index contributed by atoms with van der Waals surface area (Å²) in [6.07, 6.45) is 4.44. The maximum Gasteiger partial charge on any atom is 0.274 e. The molecule has 1 atom stereocenters. The number of anilines is 2. The number of fused-ring (bicyclic) bond motifs is 2. The van der Waals surface area contributed by atoms with E-state index in [1.165, 1.54) is 16.7 Å². The van der Waals surface area contributed by atoms with Gasteiger partial charge in [0, 0.05) is 72.8 Å². The van der Waals surface area contributed by atoms with Gasteiger partial charge in [-0.1, -0.05) is 6.07 Å². The molecule has 5 amide bonds. The number of halogens is 2. The van der Waals surface area contributed by atoms with Gasteiger partial charge < -0.3 is 24.9 Å². The fourth-order valence-corrected chi connectivity index (χ4v) is 6.59. The molecule has 15 heteroatoms. The van der Waals surface area contributed by atoms with Crippen molar-refractivity contribution in [1.29, 1.82) is 0 Å². The zero-order chi connectivity index (χ0) is 37.4. The fraction of sp³-hybridized carbons (Fsp3) is 0.211. The van der Waals surface area contributed by atoms with Gasteiger partial charge >= 0.3 is 0 Å². The number of aryl methyl sites for hydroxylation is 1. The molecule has 4 N–H and O–H groups in total. The van der Waals surface area contributed by atoms with Crippen molar-refractivity contribution in [2.24, 2.45) is 7.05 Å². The van der Waals surface area contributed by atoms with E-state index in [0.717, 1.165) is 11.0 Å². The lowest BCUT2D eigenvalue weighted by atomic mass is 10.0. The van der Waals surface area contributed by atoms with Gasteiger partial charge in [-0.25, -0.2) is 8.78 Å². The SMILES string of the molecule is Cn1cc(-c2cc(NC(=O)CCCCNc3cccc4c3C(=O)N(C3CCC(=O)NC3=O)C4=O)ccc2Oc2ccc(F)cc2F)c2cc[nH]c2c1=O. The minimum atomic E-state index is -1.07. The van der Waals surface area contributed by atoms with Gasteiger partial charge in [0.15, 0.2) is 11.6 Å². The third kappa shape index (κ3) is 6.76. The molecule has 13 nitrogen and oxygen atoms in total. The minimum Gasteiger partial charge on any atom is -0.454 e. The maximum atomic E-state index is 14.6. The van der Waals surface area contributed by atoms with E-state index in [-0.39, 0.29) is 53.4 Å². The van der Waals surface area contributed by atoms with Crippen LogP contribution in [0.15, 0.2) is 77.9 Å². The van der Waals surface area contributed by atoms with Crippen LogP contribution in [-0.2, 0) is 21.4 Å². The second-order valence-electron chi connectivity index (χ2n) is 12.7. The number of rotatable bonds is 11. The van der Waals surface area contributed by atoms with Gasteiger partial charge in [0.2, 0.25) is 17.7 Å². The molecule has 1 saturated heterocycles. The molecular formula is C38H32F2N6O7. The summed E-state index contributed by atoms with van der Waals surface area (Å²) in [5.74, 6) is -4.31. The largest absolute Gasteiger partial charge is 0.454 e. The number of carbonyl (C=O) groups is 5. The Morgan fingerprint density at radius 3 is 2.53 bits per heavy atom. The van der Waals surface area contributed by atoms with Crippen LogP contribution in [0.4, 0.5) is 20.2 Å². The van der Waals surface area contributed by atoms with E-state index in [0.29, 0.717) is 58.9 Å². The van der Waals surface area contributed by atoms with Crippen LogP contribution in [0.3, 0.4) is 0 Å². The number of aromatic amines is 1. The van der Waals surface area contributed by atoms with Crippen LogP contribution in [-0.4, -0.2) is 56.6 Å². The normalized spacial score (nSPS) is 15.5. The number of nitrogens with one attached hydrogen (secondary N) is 4. The van der Waals surface area contributed by atoms with Gasteiger partial charge in [-0.05, 0) is 67.8 Å². The van der Waals surface area contributed by atoms with E-state index < -0.39 is 41.3 Å². The van der Waals surface area contributed by atoms with Gasteiger partial charge in [0.05, 0.1) is 11.1 Å². The Hall–Kier alpha value is -6.64. The lowest BCUT2D eigenvalue weighted by Crippen LogP contribution is -2.54. The number of unbranched alkanes of at least 4 members (excludes halogenated alkanes) is 1. The zero-order valence-corrected chi connectivity index (χ0v) is 28.3. The summed E-state index contributed by atoms with van der Waals surface area (Å²) in [6.45, 7) is 0.374. The van der Waals surface area contributed by atoms with Crippen molar-refractivity contribution in [3.8, 4) is 22.6 Å². The summed E-state index contributed by atoms with van der Waals surface area (Å²) < 4.78 is 35.4. The van der Waals surface area contributed by atoms with Crippen LogP contribution >= 0.6 is 0 Å². The number of H-pyrrole nitrogens is 1.